The molecule has 4 rings (SSSR count). The van der Waals surface area contributed by atoms with Gasteiger partial charge in [0.1, 0.15) is 0 Å². The molecule has 3 aromatic rings. The number of aromatic hydroxyl groups is 1. The van der Waals surface area contributed by atoms with Gasteiger partial charge in [0.25, 0.3) is 0 Å². The maximum atomic E-state index is 14.0. The number of fused-ring (bicyclic) bond motifs is 1. The first-order valence-electron chi connectivity index (χ1n) is 9.24. The Kier molecular flexibility index (Phi) is 4.86. The summed E-state index contributed by atoms with van der Waals surface area (Å²) < 4.78 is 28.9. The van der Waals surface area contributed by atoms with E-state index in [0.29, 0.717) is 33.6 Å². The number of hydrogen-bond acceptors (Lipinski definition) is 5. The van der Waals surface area contributed by atoms with Crippen LogP contribution in [-0.2, 0) is 6.42 Å². The summed E-state index contributed by atoms with van der Waals surface area (Å²) in [4.78, 5) is 7.94. The summed E-state index contributed by atoms with van der Waals surface area (Å²) in [6.07, 6.45) is 2.85. The van der Waals surface area contributed by atoms with Crippen LogP contribution in [0.2, 0.25) is 0 Å². The Hall–Kier alpha value is -2.06. The van der Waals surface area contributed by atoms with Crippen molar-refractivity contribution in [2.24, 2.45) is 5.92 Å². The second kappa shape index (κ2) is 7.16. The van der Waals surface area contributed by atoms with Gasteiger partial charge in [-0.1, -0.05) is 31.3 Å². The number of aryl methyl sites for hydroxylation is 1. The standard InChI is InChI=1S/C19H22F2N4OS/c1-3-15-22-19-25(23-15)18(26)17(27-19)16(24-8-4-5-11(2)10-24)12-6-7-13(20)14(21)9-12/h6-7,9,11,16,26H,3-5,8,10H2,1-2H3/t11-,16+/m0/s1. The molecule has 27 heavy (non-hydrogen) atoms. The molecule has 0 bridgehead atoms. The fraction of sp³-hybridized carbons (Fsp3) is 0.474. The molecule has 0 amide bonds. The molecule has 8 heteroatoms. The van der Waals surface area contributed by atoms with Crippen molar-refractivity contribution in [3.63, 3.8) is 0 Å². The quantitative estimate of drug-likeness (QED) is 0.724. The van der Waals surface area contributed by atoms with Gasteiger partial charge in [0.15, 0.2) is 17.5 Å². The smallest absolute Gasteiger partial charge is 0.230 e. The predicted octanol–water partition coefficient (Wildman–Crippen LogP) is 4.16. The van der Waals surface area contributed by atoms with Crippen molar-refractivity contribution in [3.05, 3.63) is 46.1 Å². The van der Waals surface area contributed by atoms with Crippen LogP contribution in [-0.4, -0.2) is 37.7 Å². The van der Waals surface area contributed by atoms with Gasteiger partial charge in [0.2, 0.25) is 10.8 Å². The maximum absolute atomic E-state index is 14.0. The van der Waals surface area contributed by atoms with Gasteiger partial charge in [0.05, 0.1) is 10.9 Å². The molecule has 1 aliphatic heterocycles. The number of aromatic nitrogens is 3. The fourth-order valence-corrected chi connectivity index (χ4v) is 4.93. The van der Waals surface area contributed by atoms with Crippen molar-refractivity contribution in [1.29, 1.82) is 0 Å². The van der Waals surface area contributed by atoms with Crippen LogP contribution in [0.4, 0.5) is 8.78 Å². The molecule has 0 saturated carbocycles. The molecule has 2 aromatic heterocycles. The molecule has 1 N–H and O–H groups in total. The molecule has 3 heterocycles. The van der Waals surface area contributed by atoms with Crippen molar-refractivity contribution < 1.29 is 13.9 Å². The summed E-state index contributed by atoms with van der Waals surface area (Å²) in [5.41, 5.74) is 0.624. The Morgan fingerprint density at radius 3 is 2.81 bits per heavy atom. The SMILES string of the molecule is CCc1nc2sc([C@@H](c3ccc(F)c(F)c3)N3CCC[C@H](C)C3)c(O)n2n1. The lowest BCUT2D eigenvalue weighted by molar-refractivity contribution is 0.149. The van der Waals surface area contributed by atoms with E-state index in [1.165, 1.54) is 21.9 Å². The van der Waals surface area contributed by atoms with Crippen LogP contribution in [0.5, 0.6) is 5.88 Å². The Labute approximate surface area is 160 Å². The highest BCUT2D eigenvalue weighted by molar-refractivity contribution is 7.17. The van der Waals surface area contributed by atoms with E-state index in [1.807, 2.05) is 6.92 Å². The van der Waals surface area contributed by atoms with Crippen LogP contribution < -0.4 is 0 Å². The van der Waals surface area contributed by atoms with Crippen LogP contribution in [0.25, 0.3) is 4.96 Å². The van der Waals surface area contributed by atoms with Gasteiger partial charge in [-0.3, -0.25) is 4.90 Å². The van der Waals surface area contributed by atoms with Crippen molar-refractivity contribution in [2.75, 3.05) is 13.1 Å². The minimum absolute atomic E-state index is 0.0233. The van der Waals surface area contributed by atoms with Crippen molar-refractivity contribution >= 4 is 16.3 Å². The molecule has 0 radical (unpaired) electrons. The Morgan fingerprint density at radius 1 is 1.33 bits per heavy atom. The molecule has 5 nitrogen and oxygen atoms in total. The summed E-state index contributed by atoms with van der Waals surface area (Å²) in [5.74, 6) is -0.560. The molecule has 1 saturated heterocycles. The minimum Gasteiger partial charge on any atom is -0.492 e. The van der Waals surface area contributed by atoms with E-state index in [2.05, 4.69) is 21.9 Å². The molecule has 144 valence electrons. The lowest BCUT2D eigenvalue weighted by atomic mass is 9.95. The first-order chi connectivity index (χ1) is 13.0. The molecule has 1 fully saturated rings. The van der Waals surface area contributed by atoms with Crippen molar-refractivity contribution in [2.45, 2.75) is 39.2 Å². The van der Waals surface area contributed by atoms with Crippen LogP contribution >= 0.6 is 11.3 Å². The van der Waals surface area contributed by atoms with Crippen LogP contribution in [0.3, 0.4) is 0 Å². The largest absolute Gasteiger partial charge is 0.492 e. The van der Waals surface area contributed by atoms with Crippen LogP contribution in [0, 0.1) is 17.6 Å². The monoisotopic (exact) mass is 392 g/mol. The molecule has 0 unspecified atom stereocenters. The zero-order valence-corrected chi connectivity index (χ0v) is 16.1. The van der Waals surface area contributed by atoms with Gasteiger partial charge in [-0.15, -0.1) is 5.10 Å². The second-order valence-electron chi connectivity index (χ2n) is 7.18. The van der Waals surface area contributed by atoms with E-state index >= 15 is 0 Å². The zero-order valence-electron chi connectivity index (χ0n) is 15.3. The predicted molar refractivity (Wildman–Crippen MR) is 100 cm³/mol. The zero-order chi connectivity index (χ0) is 19.1. The number of halogens is 2. The number of hydrogen-bond donors (Lipinski definition) is 1. The third kappa shape index (κ3) is 3.32. The molecule has 1 aromatic carbocycles. The lowest BCUT2D eigenvalue weighted by Crippen LogP contribution is -2.37. The molecule has 0 aliphatic carbocycles. The Morgan fingerprint density at radius 2 is 2.15 bits per heavy atom. The van der Waals surface area contributed by atoms with Crippen LogP contribution in [0.15, 0.2) is 18.2 Å². The van der Waals surface area contributed by atoms with E-state index in [1.54, 1.807) is 6.07 Å². The number of rotatable bonds is 4. The first-order valence-corrected chi connectivity index (χ1v) is 10.1. The third-order valence-corrected chi connectivity index (χ3v) is 6.19. The van der Waals surface area contributed by atoms with Crippen molar-refractivity contribution in [1.82, 2.24) is 19.5 Å². The topological polar surface area (TPSA) is 53.7 Å². The lowest BCUT2D eigenvalue weighted by Gasteiger charge is -2.37. The summed E-state index contributed by atoms with van der Waals surface area (Å²) in [6.45, 7) is 5.81. The first kappa shape index (κ1) is 18.3. The third-order valence-electron chi connectivity index (χ3n) is 5.12. The minimum atomic E-state index is -0.880. The van der Waals surface area contributed by atoms with Gasteiger partial charge >= 0.3 is 0 Å². The number of likely N-dealkylation sites (tertiary alicyclic amines) is 1. The second-order valence-corrected chi connectivity index (χ2v) is 8.19. The van der Waals surface area contributed by atoms with E-state index in [9.17, 15) is 13.9 Å². The molecular weight excluding hydrogens is 370 g/mol. The normalized spacial score (nSPS) is 19.6. The Balaban J connectivity index is 1.83. The molecule has 0 spiro atoms. The van der Waals surface area contributed by atoms with Crippen LogP contribution in [0.1, 0.15) is 49.0 Å². The van der Waals surface area contributed by atoms with E-state index in [4.69, 9.17) is 0 Å². The van der Waals surface area contributed by atoms with Gasteiger partial charge in [-0.25, -0.2) is 13.8 Å². The van der Waals surface area contributed by atoms with Gasteiger partial charge < -0.3 is 5.11 Å². The summed E-state index contributed by atoms with van der Waals surface area (Å²) >= 11 is 1.35. The van der Waals surface area contributed by atoms with E-state index < -0.39 is 11.6 Å². The van der Waals surface area contributed by atoms with E-state index in [0.717, 1.165) is 32.0 Å². The Bertz CT molecular complexity index is 970. The molecular formula is C19H22F2N4OS. The van der Waals surface area contributed by atoms with Gasteiger partial charge in [-0.2, -0.15) is 4.52 Å². The number of nitrogens with zero attached hydrogens (tertiary/aromatic N) is 4. The van der Waals surface area contributed by atoms with Gasteiger partial charge in [0, 0.05) is 13.0 Å². The summed E-state index contributed by atoms with van der Waals surface area (Å²) in [5, 5.41) is 15.2. The molecule has 1 aliphatic rings. The van der Waals surface area contributed by atoms with Gasteiger partial charge in [-0.05, 0) is 43.0 Å². The maximum Gasteiger partial charge on any atom is 0.230 e. The van der Waals surface area contributed by atoms with Crippen molar-refractivity contribution in [3.8, 4) is 5.88 Å². The number of thiazole rings is 1. The fourth-order valence-electron chi connectivity index (χ4n) is 3.79. The number of benzene rings is 1. The summed E-state index contributed by atoms with van der Waals surface area (Å²) in [7, 11) is 0. The highest BCUT2D eigenvalue weighted by Crippen LogP contribution is 2.41. The highest BCUT2D eigenvalue weighted by Gasteiger charge is 2.32. The highest BCUT2D eigenvalue weighted by atomic mass is 32.1. The average Bonchev–Trinajstić information content (AvgIpc) is 3.18. The average molecular weight is 392 g/mol. The van der Waals surface area contributed by atoms with E-state index in [-0.39, 0.29) is 11.9 Å². The molecule has 2 atom stereocenters. The summed E-state index contributed by atoms with van der Waals surface area (Å²) in [6, 6.07) is 3.61. The number of piperidine rings is 1.